The zero-order chi connectivity index (χ0) is 18.6. The molecule has 0 unspecified atom stereocenters. The fraction of sp³-hybridized carbons (Fsp3) is 0.111. The summed E-state index contributed by atoms with van der Waals surface area (Å²) < 4.78 is 50.1. The van der Waals surface area contributed by atoms with E-state index in [9.17, 15) is 13.2 Å². The van der Waals surface area contributed by atoms with Gasteiger partial charge in [0, 0.05) is 18.0 Å². The summed E-state index contributed by atoms with van der Waals surface area (Å²) in [7, 11) is 1.51. The lowest BCUT2D eigenvalue weighted by Crippen LogP contribution is -2.11. The molecule has 0 aliphatic carbocycles. The minimum absolute atomic E-state index is 0.0304. The first-order valence-electron chi connectivity index (χ1n) is 7.54. The van der Waals surface area contributed by atoms with Crippen LogP contribution in [0.5, 0.6) is 17.4 Å². The van der Waals surface area contributed by atoms with Gasteiger partial charge in [0.2, 0.25) is 11.8 Å². The quantitative estimate of drug-likeness (QED) is 0.690. The number of benzene rings is 2. The van der Waals surface area contributed by atoms with Crippen LogP contribution in [0.15, 0.2) is 60.8 Å². The highest BCUT2D eigenvalue weighted by molar-refractivity contribution is 5.56. The molecule has 2 aromatic carbocycles. The van der Waals surface area contributed by atoms with Gasteiger partial charge in [-0.15, -0.1) is 0 Å². The van der Waals surface area contributed by atoms with E-state index in [-0.39, 0.29) is 11.7 Å². The highest BCUT2D eigenvalue weighted by atomic mass is 19.4. The summed E-state index contributed by atoms with van der Waals surface area (Å²) in [6, 6.07) is 15.0. The van der Waals surface area contributed by atoms with Crippen LogP contribution >= 0.6 is 0 Å². The molecule has 134 valence electrons. The molecule has 3 aromatic rings. The Morgan fingerprint density at radius 2 is 1.69 bits per heavy atom. The second-order valence-electron chi connectivity index (χ2n) is 5.18. The lowest BCUT2D eigenvalue weighted by Gasteiger charge is -2.14. The maximum atomic E-state index is 13.2. The normalized spacial score (nSPS) is 11.1. The number of para-hydroxylation sites is 1. The topological polar surface area (TPSA) is 56.3 Å². The van der Waals surface area contributed by atoms with Gasteiger partial charge in [-0.3, -0.25) is 0 Å². The van der Waals surface area contributed by atoms with E-state index >= 15 is 0 Å². The second kappa shape index (κ2) is 7.30. The van der Waals surface area contributed by atoms with Gasteiger partial charge in [0.1, 0.15) is 17.1 Å². The molecule has 0 bridgehead atoms. The van der Waals surface area contributed by atoms with Crippen molar-refractivity contribution in [3.8, 4) is 17.4 Å². The largest absolute Gasteiger partial charge is 0.497 e. The summed E-state index contributed by atoms with van der Waals surface area (Å²) in [6.45, 7) is 0. The first-order valence-corrected chi connectivity index (χ1v) is 7.54. The number of anilines is 2. The minimum atomic E-state index is -4.64. The molecule has 0 aliphatic rings. The lowest BCUT2D eigenvalue weighted by atomic mass is 10.3. The molecule has 8 heteroatoms. The number of aromatic nitrogens is 2. The van der Waals surface area contributed by atoms with Crippen LogP contribution in [0.4, 0.5) is 24.8 Å². The van der Waals surface area contributed by atoms with Crippen molar-refractivity contribution in [3.05, 3.63) is 66.4 Å². The van der Waals surface area contributed by atoms with Gasteiger partial charge < -0.3 is 14.8 Å². The number of nitrogens with one attached hydrogen (secondary N) is 1. The number of methoxy groups -OCH3 is 1. The molecule has 0 atom stereocenters. The summed E-state index contributed by atoms with van der Waals surface area (Å²) in [6.07, 6.45) is -3.95. The van der Waals surface area contributed by atoms with E-state index in [4.69, 9.17) is 9.47 Å². The number of hydrogen-bond acceptors (Lipinski definition) is 5. The van der Waals surface area contributed by atoms with E-state index in [1.165, 1.54) is 19.2 Å². The fourth-order valence-electron chi connectivity index (χ4n) is 2.13. The molecular weight excluding hydrogens is 347 g/mol. The summed E-state index contributed by atoms with van der Waals surface area (Å²) in [5.74, 6) is 0.216. The fourth-order valence-corrected chi connectivity index (χ4v) is 2.13. The number of rotatable bonds is 5. The van der Waals surface area contributed by atoms with E-state index in [1.54, 1.807) is 42.5 Å². The number of ether oxygens (including phenoxy) is 2. The van der Waals surface area contributed by atoms with Crippen molar-refractivity contribution in [2.75, 3.05) is 12.4 Å². The number of hydrogen-bond donors (Lipinski definition) is 1. The van der Waals surface area contributed by atoms with Crippen molar-refractivity contribution in [2.45, 2.75) is 6.18 Å². The molecule has 1 heterocycles. The Morgan fingerprint density at radius 1 is 0.962 bits per heavy atom. The third-order valence-corrected chi connectivity index (χ3v) is 3.34. The van der Waals surface area contributed by atoms with Gasteiger partial charge in [-0.25, -0.2) is 4.98 Å². The average molecular weight is 361 g/mol. The zero-order valence-corrected chi connectivity index (χ0v) is 13.6. The van der Waals surface area contributed by atoms with Crippen molar-refractivity contribution >= 4 is 11.6 Å². The Balaban J connectivity index is 1.93. The molecule has 1 aromatic heterocycles. The molecule has 0 saturated carbocycles. The average Bonchev–Trinajstić information content (AvgIpc) is 2.62. The van der Waals surface area contributed by atoms with E-state index < -0.39 is 17.6 Å². The predicted molar refractivity (Wildman–Crippen MR) is 89.8 cm³/mol. The summed E-state index contributed by atoms with van der Waals surface area (Å²) in [5, 5.41) is 2.83. The van der Waals surface area contributed by atoms with E-state index in [2.05, 4.69) is 15.3 Å². The van der Waals surface area contributed by atoms with Crippen LogP contribution in [0.25, 0.3) is 0 Å². The Labute approximate surface area is 147 Å². The molecule has 1 N–H and O–H groups in total. The van der Waals surface area contributed by atoms with Gasteiger partial charge in [-0.05, 0) is 24.3 Å². The van der Waals surface area contributed by atoms with Crippen LogP contribution in [0, 0.1) is 0 Å². The minimum Gasteiger partial charge on any atom is -0.497 e. The molecule has 0 amide bonds. The predicted octanol–water partition coefficient (Wildman–Crippen LogP) is 5.04. The van der Waals surface area contributed by atoms with E-state index in [0.29, 0.717) is 17.6 Å². The molecule has 3 rings (SSSR count). The van der Waals surface area contributed by atoms with Crippen molar-refractivity contribution in [1.29, 1.82) is 0 Å². The Kier molecular flexibility index (Phi) is 4.92. The van der Waals surface area contributed by atoms with Crippen molar-refractivity contribution < 1.29 is 22.6 Å². The van der Waals surface area contributed by atoms with Crippen molar-refractivity contribution in [2.24, 2.45) is 0 Å². The van der Waals surface area contributed by atoms with Gasteiger partial charge in [0.25, 0.3) is 0 Å². The summed E-state index contributed by atoms with van der Waals surface area (Å²) >= 11 is 0. The van der Waals surface area contributed by atoms with Crippen LogP contribution in [0.2, 0.25) is 0 Å². The van der Waals surface area contributed by atoms with Gasteiger partial charge >= 0.3 is 6.18 Å². The number of halogens is 3. The van der Waals surface area contributed by atoms with Crippen LogP contribution in [0.1, 0.15) is 5.56 Å². The second-order valence-corrected chi connectivity index (χ2v) is 5.18. The summed E-state index contributed by atoms with van der Waals surface area (Å²) in [5.41, 5.74) is -0.493. The van der Waals surface area contributed by atoms with Crippen LogP contribution in [0.3, 0.4) is 0 Å². The number of alkyl halides is 3. The Bertz CT molecular complexity index is 886. The standard InChI is InChI=1S/C18H14F3N3O2/c1-25-14-9-5-6-12(10-14)23-17-22-11-15(18(19,20)21)16(24-17)26-13-7-3-2-4-8-13/h2-11H,1H3,(H,22,23,24). The molecule has 0 aliphatic heterocycles. The maximum absolute atomic E-state index is 13.2. The van der Waals surface area contributed by atoms with Crippen molar-refractivity contribution in [3.63, 3.8) is 0 Å². The maximum Gasteiger partial charge on any atom is 0.423 e. The third-order valence-electron chi connectivity index (χ3n) is 3.34. The SMILES string of the molecule is COc1cccc(Nc2ncc(C(F)(F)F)c(Oc3ccccc3)n2)c1. The molecule has 5 nitrogen and oxygen atoms in total. The van der Waals surface area contributed by atoms with Gasteiger partial charge in [-0.2, -0.15) is 18.2 Å². The highest BCUT2D eigenvalue weighted by Crippen LogP contribution is 2.37. The number of nitrogens with zero attached hydrogens (tertiary/aromatic N) is 2. The van der Waals surface area contributed by atoms with Crippen LogP contribution in [-0.4, -0.2) is 17.1 Å². The Hall–Kier alpha value is -3.29. The summed E-state index contributed by atoms with van der Waals surface area (Å²) in [4.78, 5) is 7.62. The smallest absolute Gasteiger partial charge is 0.423 e. The molecular formula is C18H14F3N3O2. The highest BCUT2D eigenvalue weighted by Gasteiger charge is 2.36. The van der Waals surface area contributed by atoms with E-state index in [1.807, 2.05) is 0 Å². The van der Waals surface area contributed by atoms with Crippen LogP contribution in [-0.2, 0) is 6.18 Å². The van der Waals surface area contributed by atoms with Crippen LogP contribution < -0.4 is 14.8 Å². The third kappa shape index (κ3) is 4.21. The first-order chi connectivity index (χ1) is 12.5. The Morgan fingerprint density at radius 3 is 2.38 bits per heavy atom. The van der Waals surface area contributed by atoms with Gasteiger partial charge in [0.15, 0.2) is 0 Å². The lowest BCUT2D eigenvalue weighted by molar-refractivity contribution is -0.139. The van der Waals surface area contributed by atoms with E-state index in [0.717, 1.165) is 0 Å². The first kappa shape index (κ1) is 17.5. The van der Waals surface area contributed by atoms with Gasteiger partial charge in [-0.1, -0.05) is 24.3 Å². The monoisotopic (exact) mass is 361 g/mol. The zero-order valence-electron chi connectivity index (χ0n) is 13.6. The molecule has 0 saturated heterocycles. The van der Waals surface area contributed by atoms with Crippen molar-refractivity contribution in [1.82, 2.24) is 9.97 Å². The molecule has 26 heavy (non-hydrogen) atoms. The molecule has 0 radical (unpaired) electrons. The van der Waals surface area contributed by atoms with Gasteiger partial charge in [0.05, 0.1) is 7.11 Å². The molecule has 0 fully saturated rings. The molecule has 0 spiro atoms.